The Morgan fingerprint density at radius 3 is 2.55 bits per heavy atom. The molecule has 9 nitrogen and oxygen atoms in total. The molecular formula is C23H21N3O6S. The Morgan fingerprint density at radius 2 is 1.94 bits per heavy atom. The van der Waals surface area contributed by atoms with Gasteiger partial charge in [0.2, 0.25) is 0 Å². The molecule has 3 heterocycles. The number of hydrogen-bond acceptors (Lipinski definition) is 8. The number of benzene rings is 1. The Labute approximate surface area is 192 Å². The number of nitrogens with one attached hydrogen (secondary N) is 1. The molecule has 1 N–H and O–H groups in total. The number of ether oxygens (including phenoxy) is 2. The fourth-order valence-electron chi connectivity index (χ4n) is 3.42. The van der Waals surface area contributed by atoms with Crippen molar-refractivity contribution < 1.29 is 23.5 Å². The highest BCUT2D eigenvalue weighted by Gasteiger charge is 2.24. The number of carbonyl (C=O) groups excluding carboxylic acids is 2. The Bertz CT molecular complexity index is 1410. The first-order chi connectivity index (χ1) is 15.8. The molecule has 0 saturated heterocycles. The second kappa shape index (κ2) is 8.91. The number of aryl methyl sites for hydroxylation is 2. The highest BCUT2D eigenvalue weighted by atomic mass is 32.1. The topological polar surface area (TPSA) is 113 Å². The van der Waals surface area contributed by atoms with Gasteiger partial charge >= 0.3 is 5.97 Å². The molecule has 10 heteroatoms. The number of nitrogens with zero attached hydrogens (tertiary/aromatic N) is 2. The zero-order valence-corrected chi connectivity index (χ0v) is 19.2. The highest BCUT2D eigenvalue weighted by molar-refractivity contribution is 7.16. The van der Waals surface area contributed by atoms with Crippen LogP contribution in [0.25, 0.3) is 16.5 Å². The van der Waals surface area contributed by atoms with Gasteiger partial charge in [0.1, 0.15) is 22.3 Å². The normalized spacial score (nSPS) is 10.9. The number of amides is 1. The van der Waals surface area contributed by atoms with E-state index in [1.54, 1.807) is 56.5 Å². The summed E-state index contributed by atoms with van der Waals surface area (Å²) in [5.74, 6) is 0.590. The summed E-state index contributed by atoms with van der Waals surface area (Å²) in [4.78, 5) is 38.9. The Morgan fingerprint density at radius 1 is 1.21 bits per heavy atom. The van der Waals surface area contributed by atoms with E-state index < -0.39 is 17.4 Å². The molecule has 1 aromatic carbocycles. The molecule has 0 fully saturated rings. The average Bonchev–Trinajstić information content (AvgIpc) is 3.37. The monoisotopic (exact) mass is 467 g/mol. The lowest BCUT2D eigenvalue weighted by Gasteiger charge is -2.10. The summed E-state index contributed by atoms with van der Waals surface area (Å²) in [6.45, 7) is 5.27. The molecule has 4 aromatic rings. The van der Waals surface area contributed by atoms with E-state index in [0.717, 1.165) is 16.0 Å². The quantitative estimate of drug-likeness (QED) is 0.425. The molecule has 0 aliphatic carbocycles. The molecule has 0 atom stereocenters. The predicted octanol–water partition coefficient (Wildman–Crippen LogP) is 4.09. The van der Waals surface area contributed by atoms with Crippen molar-refractivity contribution in [2.24, 2.45) is 0 Å². The van der Waals surface area contributed by atoms with E-state index >= 15 is 0 Å². The van der Waals surface area contributed by atoms with Crippen LogP contribution in [0.15, 0.2) is 44.9 Å². The van der Waals surface area contributed by atoms with E-state index in [-0.39, 0.29) is 17.7 Å². The van der Waals surface area contributed by atoms with Gasteiger partial charge in [0.05, 0.1) is 30.4 Å². The van der Waals surface area contributed by atoms with Crippen LogP contribution >= 0.6 is 11.3 Å². The SMILES string of the molecule is CCOC(=O)c1nn(-c2ccc(OC)cc2)c(=O)c2c(NC(=O)c3cc(C)oc3C)scc12. The van der Waals surface area contributed by atoms with E-state index in [4.69, 9.17) is 13.9 Å². The van der Waals surface area contributed by atoms with Gasteiger partial charge < -0.3 is 19.2 Å². The molecule has 1 amide bonds. The molecule has 0 radical (unpaired) electrons. The zero-order valence-electron chi connectivity index (χ0n) is 18.4. The number of hydrogen-bond donors (Lipinski definition) is 1. The predicted molar refractivity (Wildman–Crippen MR) is 124 cm³/mol. The molecule has 0 saturated carbocycles. The van der Waals surface area contributed by atoms with Crippen LogP contribution in [0.3, 0.4) is 0 Å². The van der Waals surface area contributed by atoms with Crippen LogP contribution in [-0.2, 0) is 4.74 Å². The number of esters is 1. The third-order valence-electron chi connectivity index (χ3n) is 4.95. The average molecular weight is 468 g/mol. The smallest absolute Gasteiger partial charge is 0.359 e. The van der Waals surface area contributed by atoms with Crippen LogP contribution in [0, 0.1) is 13.8 Å². The number of fused-ring (bicyclic) bond motifs is 1. The summed E-state index contributed by atoms with van der Waals surface area (Å²) in [6.07, 6.45) is 0. The fraction of sp³-hybridized carbons (Fsp3) is 0.217. The highest BCUT2D eigenvalue weighted by Crippen LogP contribution is 2.31. The van der Waals surface area contributed by atoms with Gasteiger partial charge in [0.15, 0.2) is 5.69 Å². The largest absolute Gasteiger partial charge is 0.497 e. The second-order valence-electron chi connectivity index (χ2n) is 7.12. The molecule has 0 bridgehead atoms. The summed E-state index contributed by atoms with van der Waals surface area (Å²) in [6, 6.07) is 8.28. The van der Waals surface area contributed by atoms with E-state index in [1.165, 1.54) is 7.11 Å². The second-order valence-corrected chi connectivity index (χ2v) is 8.00. The number of methoxy groups -OCH3 is 1. The summed E-state index contributed by atoms with van der Waals surface area (Å²) >= 11 is 1.13. The minimum Gasteiger partial charge on any atom is -0.497 e. The van der Waals surface area contributed by atoms with Crippen molar-refractivity contribution >= 4 is 39.0 Å². The number of carbonyl (C=O) groups is 2. The molecule has 0 unspecified atom stereocenters. The van der Waals surface area contributed by atoms with Crippen LogP contribution in [0.2, 0.25) is 0 Å². The Kier molecular flexibility index (Phi) is 6.01. The number of aromatic nitrogens is 2. The van der Waals surface area contributed by atoms with Gasteiger partial charge in [-0.2, -0.15) is 9.78 Å². The molecule has 0 aliphatic heterocycles. The minimum absolute atomic E-state index is 0.0191. The van der Waals surface area contributed by atoms with Crippen molar-refractivity contribution in [2.75, 3.05) is 19.0 Å². The van der Waals surface area contributed by atoms with E-state index in [2.05, 4.69) is 10.4 Å². The minimum atomic E-state index is -0.665. The molecule has 170 valence electrons. The van der Waals surface area contributed by atoms with Crippen LogP contribution in [0.5, 0.6) is 5.75 Å². The Hall–Kier alpha value is -3.92. The van der Waals surface area contributed by atoms with Crippen molar-refractivity contribution in [1.29, 1.82) is 0 Å². The number of anilines is 1. The van der Waals surface area contributed by atoms with E-state index in [9.17, 15) is 14.4 Å². The van der Waals surface area contributed by atoms with Crippen molar-refractivity contribution in [1.82, 2.24) is 9.78 Å². The fourth-order valence-corrected chi connectivity index (χ4v) is 4.35. The first-order valence-electron chi connectivity index (χ1n) is 10.1. The van der Waals surface area contributed by atoms with E-state index in [1.807, 2.05) is 0 Å². The molecular weight excluding hydrogens is 446 g/mol. The standard InChI is InChI=1S/C23H21N3O6S/c1-5-31-23(29)19-17-11-33-21(24-20(27)16-10-12(2)32-13(16)3)18(17)22(28)26(25-19)14-6-8-15(30-4)9-7-14/h6-11H,5H2,1-4H3,(H,24,27). The van der Waals surface area contributed by atoms with Gasteiger partial charge in [-0.3, -0.25) is 9.59 Å². The maximum absolute atomic E-state index is 13.4. The van der Waals surface area contributed by atoms with Gasteiger partial charge in [0.25, 0.3) is 11.5 Å². The molecule has 4 rings (SSSR count). The zero-order chi connectivity index (χ0) is 23.7. The van der Waals surface area contributed by atoms with E-state index in [0.29, 0.717) is 38.9 Å². The van der Waals surface area contributed by atoms with Crippen molar-refractivity contribution in [3.8, 4) is 11.4 Å². The van der Waals surface area contributed by atoms with Crippen LogP contribution < -0.4 is 15.6 Å². The lowest BCUT2D eigenvalue weighted by atomic mass is 10.2. The van der Waals surface area contributed by atoms with Gasteiger partial charge in [-0.15, -0.1) is 11.3 Å². The first-order valence-corrected chi connectivity index (χ1v) is 11.0. The lowest BCUT2D eigenvalue weighted by molar-refractivity contribution is 0.0520. The van der Waals surface area contributed by atoms with Crippen LogP contribution in [-0.4, -0.2) is 35.4 Å². The summed E-state index contributed by atoms with van der Waals surface area (Å²) in [5, 5.41) is 9.44. The maximum atomic E-state index is 13.4. The number of rotatable bonds is 6. The van der Waals surface area contributed by atoms with Crippen molar-refractivity contribution in [3.05, 3.63) is 68.8 Å². The third kappa shape index (κ3) is 4.12. The summed E-state index contributed by atoms with van der Waals surface area (Å²) < 4.78 is 16.9. The molecule has 33 heavy (non-hydrogen) atoms. The lowest BCUT2D eigenvalue weighted by Crippen LogP contribution is -2.25. The van der Waals surface area contributed by atoms with Crippen molar-refractivity contribution in [3.63, 3.8) is 0 Å². The summed E-state index contributed by atoms with van der Waals surface area (Å²) in [5.41, 5.74) is 0.288. The molecule has 0 aliphatic rings. The first kappa shape index (κ1) is 22.3. The van der Waals surface area contributed by atoms with Gasteiger partial charge in [0, 0.05) is 10.8 Å². The molecule has 0 spiro atoms. The molecule has 3 aromatic heterocycles. The number of thiophene rings is 1. The van der Waals surface area contributed by atoms with Crippen LogP contribution in [0.4, 0.5) is 5.00 Å². The Balaban J connectivity index is 1.88. The number of furan rings is 1. The van der Waals surface area contributed by atoms with Crippen LogP contribution in [0.1, 0.15) is 39.3 Å². The van der Waals surface area contributed by atoms with Gasteiger partial charge in [-0.25, -0.2) is 4.79 Å². The van der Waals surface area contributed by atoms with Gasteiger partial charge in [-0.05, 0) is 51.1 Å². The summed E-state index contributed by atoms with van der Waals surface area (Å²) in [7, 11) is 1.54. The van der Waals surface area contributed by atoms with Crippen molar-refractivity contribution in [2.45, 2.75) is 20.8 Å². The third-order valence-corrected chi connectivity index (χ3v) is 5.85. The maximum Gasteiger partial charge on any atom is 0.359 e. The van der Waals surface area contributed by atoms with Gasteiger partial charge in [-0.1, -0.05) is 0 Å².